The maximum absolute atomic E-state index is 12.3. The summed E-state index contributed by atoms with van der Waals surface area (Å²) < 4.78 is 0. The molecule has 1 saturated heterocycles. The molecule has 3 rings (SSSR count). The molecule has 0 bridgehead atoms. The van der Waals surface area contributed by atoms with Gasteiger partial charge in [0.2, 0.25) is 5.91 Å². The fraction of sp³-hybridized carbons (Fsp3) is 0.300. The van der Waals surface area contributed by atoms with E-state index in [0.29, 0.717) is 12.1 Å². The van der Waals surface area contributed by atoms with E-state index in [-0.39, 0.29) is 11.9 Å². The van der Waals surface area contributed by atoms with Gasteiger partial charge in [-0.2, -0.15) is 0 Å². The van der Waals surface area contributed by atoms with Crippen LogP contribution < -0.4 is 15.5 Å². The number of nitrogens with zero attached hydrogens (tertiary/aromatic N) is 1. The van der Waals surface area contributed by atoms with Gasteiger partial charge >= 0.3 is 6.03 Å². The van der Waals surface area contributed by atoms with E-state index in [1.807, 2.05) is 57.2 Å². The van der Waals surface area contributed by atoms with Gasteiger partial charge in [0.1, 0.15) is 0 Å². The maximum Gasteiger partial charge on any atom is 0.323 e. The van der Waals surface area contributed by atoms with Crippen LogP contribution in [0.3, 0.4) is 0 Å². The minimum atomic E-state index is -0.300. The number of carbonyl (C=O) groups excluding carboxylic acids is 2. The molecule has 1 heterocycles. The second-order valence-corrected chi connectivity index (χ2v) is 6.53. The van der Waals surface area contributed by atoms with Crippen molar-refractivity contribution in [2.75, 3.05) is 22.1 Å². The van der Waals surface area contributed by atoms with Crippen molar-refractivity contribution in [3.63, 3.8) is 0 Å². The molecule has 0 aromatic heterocycles. The first-order chi connectivity index (χ1) is 11.9. The number of carbonyl (C=O) groups is 2. The quantitative estimate of drug-likeness (QED) is 0.873. The van der Waals surface area contributed by atoms with Crippen LogP contribution in [0.2, 0.25) is 0 Å². The summed E-state index contributed by atoms with van der Waals surface area (Å²) in [6.07, 6.45) is 1.47. The molecule has 1 fully saturated rings. The largest absolute Gasteiger partial charge is 0.323 e. The van der Waals surface area contributed by atoms with Crippen LogP contribution in [0.5, 0.6) is 0 Å². The third-order valence-corrected chi connectivity index (χ3v) is 4.60. The molecule has 1 aliphatic rings. The van der Waals surface area contributed by atoms with Crippen molar-refractivity contribution < 1.29 is 9.59 Å². The van der Waals surface area contributed by atoms with Crippen LogP contribution >= 0.6 is 0 Å². The monoisotopic (exact) mass is 337 g/mol. The molecule has 1 aliphatic heterocycles. The Balaban J connectivity index is 1.72. The van der Waals surface area contributed by atoms with Crippen LogP contribution in [0.25, 0.3) is 0 Å². The molecular formula is C20H23N3O2. The van der Waals surface area contributed by atoms with Crippen molar-refractivity contribution >= 4 is 29.0 Å². The van der Waals surface area contributed by atoms with E-state index >= 15 is 0 Å². The van der Waals surface area contributed by atoms with Crippen LogP contribution in [-0.4, -0.2) is 18.5 Å². The highest BCUT2D eigenvalue weighted by molar-refractivity contribution is 6.01. The Morgan fingerprint density at radius 2 is 1.56 bits per heavy atom. The van der Waals surface area contributed by atoms with Crippen LogP contribution in [-0.2, 0) is 4.79 Å². The lowest BCUT2D eigenvalue weighted by Gasteiger charge is -2.19. The van der Waals surface area contributed by atoms with Crippen molar-refractivity contribution in [2.45, 2.75) is 33.6 Å². The normalized spacial score (nSPS) is 13.9. The molecule has 25 heavy (non-hydrogen) atoms. The van der Waals surface area contributed by atoms with Crippen LogP contribution in [0.4, 0.5) is 21.9 Å². The average molecular weight is 337 g/mol. The van der Waals surface area contributed by atoms with E-state index in [9.17, 15) is 9.59 Å². The molecule has 0 spiro atoms. The van der Waals surface area contributed by atoms with Crippen molar-refractivity contribution in [3.8, 4) is 0 Å². The second kappa shape index (κ2) is 6.97. The predicted molar refractivity (Wildman–Crippen MR) is 101 cm³/mol. The zero-order valence-electron chi connectivity index (χ0n) is 14.8. The lowest BCUT2D eigenvalue weighted by Crippen LogP contribution is -2.25. The number of benzene rings is 2. The van der Waals surface area contributed by atoms with E-state index in [1.165, 1.54) is 5.56 Å². The topological polar surface area (TPSA) is 61.4 Å². The maximum atomic E-state index is 12.3. The summed E-state index contributed by atoms with van der Waals surface area (Å²) >= 11 is 0. The van der Waals surface area contributed by atoms with Crippen LogP contribution in [0.1, 0.15) is 29.5 Å². The lowest BCUT2D eigenvalue weighted by atomic mass is 10.1. The first-order valence-corrected chi connectivity index (χ1v) is 8.50. The smallest absolute Gasteiger partial charge is 0.312 e. The fourth-order valence-electron chi connectivity index (χ4n) is 2.99. The molecule has 0 radical (unpaired) electrons. The van der Waals surface area contributed by atoms with Crippen molar-refractivity contribution in [2.24, 2.45) is 0 Å². The number of rotatable bonds is 3. The van der Waals surface area contributed by atoms with Gasteiger partial charge in [0.05, 0.1) is 0 Å². The molecule has 3 amide bonds. The van der Waals surface area contributed by atoms with Gasteiger partial charge in [-0.25, -0.2) is 4.79 Å². The van der Waals surface area contributed by atoms with E-state index in [4.69, 9.17) is 0 Å². The molecule has 130 valence electrons. The summed E-state index contributed by atoms with van der Waals surface area (Å²) in [5.41, 5.74) is 5.62. The van der Waals surface area contributed by atoms with Crippen LogP contribution in [0, 0.1) is 20.8 Å². The van der Waals surface area contributed by atoms with Crippen molar-refractivity contribution in [1.29, 1.82) is 0 Å². The molecule has 2 aromatic carbocycles. The van der Waals surface area contributed by atoms with E-state index < -0.39 is 0 Å². The Kier molecular flexibility index (Phi) is 4.74. The number of urea groups is 1. The van der Waals surface area contributed by atoms with Gasteiger partial charge in [-0.3, -0.25) is 4.79 Å². The first kappa shape index (κ1) is 17.0. The van der Waals surface area contributed by atoms with Gasteiger partial charge in [-0.05, 0) is 68.1 Å². The number of hydrogen-bond donors (Lipinski definition) is 2. The summed E-state index contributed by atoms with van der Waals surface area (Å²) in [5.74, 6) is 0.139. The molecule has 2 aromatic rings. The third-order valence-electron chi connectivity index (χ3n) is 4.60. The van der Waals surface area contributed by atoms with Gasteiger partial charge in [0, 0.05) is 30.0 Å². The highest BCUT2D eigenvalue weighted by Crippen LogP contribution is 2.28. The molecular weight excluding hydrogens is 314 g/mol. The third kappa shape index (κ3) is 3.82. The van der Waals surface area contributed by atoms with Gasteiger partial charge in [-0.15, -0.1) is 0 Å². The molecule has 2 N–H and O–H groups in total. The van der Waals surface area contributed by atoms with E-state index in [1.54, 1.807) is 4.90 Å². The number of anilines is 3. The van der Waals surface area contributed by atoms with Crippen LogP contribution in [0.15, 0.2) is 36.4 Å². The Labute approximate surface area is 148 Å². The standard InChI is InChI=1S/C20H23N3O2/c1-13-6-8-16(11-15(13)3)21-20(25)22-17-9-7-14(2)18(12-17)23-10-4-5-19(23)24/h6-9,11-12H,4-5,10H2,1-3H3,(H2,21,22,25). The Morgan fingerprint density at radius 1 is 0.920 bits per heavy atom. The lowest BCUT2D eigenvalue weighted by molar-refractivity contribution is -0.117. The Morgan fingerprint density at radius 3 is 2.16 bits per heavy atom. The van der Waals surface area contributed by atoms with Gasteiger partial charge in [0.15, 0.2) is 0 Å². The van der Waals surface area contributed by atoms with Crippen molar-refractivity contribution in [3.05, 3.63) is 53.1 Å². The first-order valence-electron chi connectivity index (χ1n) is 8.50. The SMILES string of the molecule is Cc1ccc(NC(=O)Nc2ccc(C)c(N3CCCC3=O)c2)cc1C. The van der Waals surface area contributed by atoms with Gasteiger partial charge in [-0.1, -0.05) is 12.1 Å². The number of amides is 3. The second-order valence-electron chi connectivity index (χ2n) is 6.53. The molecule has 5 heteroatoms. The highest BCUT2D eigenvalue weighted by atomic mass is 16.2. The summed E-state index contributed by atoms with van der Waals surface area (Å²) in [5, 5.41) is 5.68. The molecule has 5 nitrogen and oxygen atoms in total. The van der Waals surface area contributed by atoms with E-state index in [2.05, 4.69) is 10.6 Å². The number of nitrogens with one attached hydrogen (secondary N) is 2. The zero-order valence-corrected chi connectivity index (χ0v) is 14.8. The molecule has 0 aliphatic carbocycles. The molecule has 0 atom stereocenters. The fourth-order valence-corrected chi connectivity index (χ4v) is 2.99. The Hall–Kier alpha value is -2.82. The van der Waals surface area contributed by atoms with Gasteiger partial charge < -0.3 is 15.5 Å². The summed E-state index contributed by atoms with van der Waals surface area (Å²) in [6, 6.07) is 11.1. The average Bonchev–Trinajstić information content (AvgIpc) is 2.99. The minimum Gasteiger partial charge on any atom is -0.312 e. The summed E-state index contributed by atoms with van der Waals surface area (Å²) in [6.45, 7) is 6.75. The summed E-state index contributed by atoms with van der Waals surface area (Å²) in [7, 11) is 0. The number of hydrogen-bond acceptors (Lipinski definition) is 2. The summed E-state index contributed by atoms with van der Waals surface area (Å²) in [4.78, 5) is 26.0. The van der Waals surface area contributed by atoms with Crippen molar-refractivity contribution in [1.82, 2.24) is 0 Å². The van der Waals surface area contributed by atoms with E-state index in [0.717, 1.165) is 35.5 Å². The Bertz CT molecular complexity index is 830. The molecule has 0 unspecified atom stereocenters. The van der Waals surface area contributed by atoms with Gasteiger partial charge in [0.25, 0.3) is 0 Å². The molecule has 0 saturated carbocycles. The zero-order chi connectivity index (χ0) is 18.0. The minimum absolute atomic E-state index is 0.139. The number of aryl methyl sites for hydroxylation is 3. The predicted octanol–water partition coefficient (Wildman–Crippen LogP) is 4.38. The highest BCUT2D eigenvalue weighted by Gasteiger charge is 2.23.